The van der Waals surface area contributed by atoms with Crippen molar-refractivity contribution in [2.45, 2.75) is 20.8 Å². The van der Waals surface area contributed by atoms with Crippen LogP contribution in [0.15, 0.2) is 12.1 Å². The Labute approximate surface area is 98.7 Å². The van der Waals surface area contributed by atoms with Crippen molar-refractivity contribution in [3.63, 3.8) is 0 Å². The Kier molecular flexibility index (Phi) is 6.02. The van der Waals surface area contributed by atoms with Crippen LogP contribution in [0.4, 0.5) is 0 Å². The van der Waals surface area contributed by atoms with Gasteiger partial charge < -0.3 is 16.9 Å². The molecule has 0 aliphatic carbocycles. The maximum Gasteiger partial charge on any atom is 1.00 e. The summed E-state index contributed by atoms with van der Waals surface area (Å²) in [5.41, 5.74) is 3.89. The molecule has 0 aliphatic heterocycles. The van der Waals surface area contributed by atoms with E-state index in [1.807, 2.05) is 0 Å². The smallest absolute Gasteiger partial charge is 0.364 e. The normalized spacial score (nSPS) is 10.2. The molecule has 0 aliphatic rings. The minimum Gasteiger partial charge on any atom is -0.364 e. The number of hydrogen-bond acceptors (Lipinski definition) is 0. The monoisotopic (exact) mass is 204 g/mol. The van der Waals surface area contributed by atoms with Crippen LogP contribution in [-0.2, 0) is 0 Å². The van der Waals surface area contributed by atoms with Crippen LogP contribution in [0.1, 0.15) is 16.7 Å². The first-order valence-corrected chi connectivity index (χ1v) is 5.06. The van der Waals surface area contributed by atoms with Gasteiger partial charge in [-0.2, -0.15) is 0 Å². The first-order valence-electron chi connectivity index (χ1n) is 3.79. The predicted octanol–water partition coefficient (Wildman–Crippen LogP) is 0.0629. The van der Waals surface area contributed by atoms with E-state index in [1.54, 1.807) is 0 Å². The predicted molar refractivity (Wildman–Crippen MR) is 58.1 cm³/mol. The molecule has 0 nitrogen and oxygen atoms in total. The van der Waals surface area contributed by atoms with Crippen molar-refractivity contribution in [1.29, 1.82) is 0 Å². The van der Waals surface area contributed by atoms with Gasteiger partial charge in [0.15, 0.2) is 0 Å². The van der Waals surface area contributed by atoms with Crippen molar-refractivity contribution in [2.75, 3.05) is 0 Å². The Morgan fingerprint density at radius 1 is 1.15 bits per heavy atom. The summed E-state index contributed by atoms with van der Waals surface area (Å²) in [4.78, 5) is 0. The van der Waals surface area contributed by atoms with E-state index in [0.717, 1.165) is 8.20 Å². The summed E-state index contributed by atoms with van der Waals surface area (Å²) in [6.45, 7) is 6.32. The fourth-order valence-corrected chi connectivity index (χ4v) is 2.21. The van der Waals surface area contributed by atoms with Crippen molar-refractivity contribution in [1.82, 2.24) is 0 Å². The Morgan fingerprint density at radius 3 is 2.00 bits per heavy atom. The molecule has 0 unspecified atom stereocenters. The first kappa shape index (κ1) is 13.3. The first-order chi connectivity index (χ1) is 5.65. The van der Waals surface area contributed by atoms with Gasteiger partial charge in [-0.05, 0) is 37.2 Å². The molecule has 3 heteroatoms. The third-order valence-electron chi connectivity index (χ3n) is 1.79. The van der Waals surface area contributed by atoms with Gasteiger partial charge in [-0.3, -0.25) is 8.20 Å². The number of benzene rings is 1. The second-order valence-electron chi connectivity index (χ2n) is 2.94. The van der Waals surface area contributed by atoms with Crippen LogP contribution in [0.3, 0.4) is 0 Å². The van der Waals surface area contributed by atoms with E-state index >= 15 is 0 Å². The topological polar surface area (TPSA) is 0 Å². The standard InChI is InChI=1S/C10H11ClP.Li/c1-7-4-8(2)10(12-6-11)9(3)5-7;/h4-5H,1-3H3;/q-1;+1. The van der Waals surface area contributed by atoms with Crippen LogP contribution in [0.2, 0.25) is 0 Å². The maximum atomic E-state index is 5.46. The quantitative estimate of drug-likeness (QED) is 0.345. The third-order valence-corrected chi connectivity index (χ3v) is 3.06. The average Bonchev–Trinajstić information content (AvgIpc) is 1.96. The van der Waals surface area contributed by atoms with E-state index in [-0.39, 0.29) is 18.9 Å². The zero-order valence-corrected chi connectivity index (χ0v) is 10.1. The van der Waals surface area contributed by atoms with Crippen molar-refractivity contribution in [2.24, 2.45) is 0 Å². The van der Waals surface area contributed by atoms with Crippen LogP contribution in [0.5, 0.6) is 0 Å². The van der Waals surface area contributed by atoms with Gasteiger partial charge in [-0.15, -0.1) is 0 Å². The van der Waals surface area contributed by atoms with Crippen molar-refractivity contribution >= 4 is 30.4 Å². The van der Waals surface area contributed by atoms with Gasteiger partial charge in [0.1, 0.15) is 0 Å². The minimum absolute atomic E-state index is 0. The van der Waals surface area contributed by atoms with Gasteiger partial charge in [0.05, 0.1) is 0 Å². The fraction of sp³-hybridized carbons (Fsp3) is 0.300. The second kappa shape index (κ2) is 5.89. The Hall–Kier alpha value is 0.277. The largest absolute Gasteiger partial charge is 1.00 e. The molecular formula is C10H11ClLiP. The van der Waals surface area contributed by atoms with E-state index in [1.165, 1.54) is 22.0 Å². The van der Waals surface area contributed by atoms with E-state index < -0.39 is 0 Å². The summed E-state index contributed by atoms with van der Waals surface area (Å²) >= 11 is 5.46. The molecule has 0 saturated carbocycles. The summed E-state index contributed by atoms with van der Waals surface area (Å²) < 4.78 is 0. The van der Waals surface area contributed by atoms with Gasteiger partial charge in [-0.1, -0.05) is 17.7 Å². The van der Waals surface area contributed by atoms with E-state index in [2.05, 4.69) is 38.2 Å². The van der Waals surface area contributed by atoms with Crippen molar-refractivity contribution in [3.8, 4) is 0 Å². The van der Waals surface area contributed by atoms with Gasteiger partial charge in [0.2, 0.25) is 0 Å². The van der Waals surface area contributed by atoms with Gasteiger partial charge in [0.25, 0.3) is 0 Å². The van der Waals surface area contributed by atoms with E-state index in [0.29, 0.717) is 0 Å². The zero-order chi connectivity index (χ0) is 9.14. The number of rotatable bonds is 1. The zero-order valence-electron chi connectivity index (χ0n) is 8.48. The summed E-state index contributed by atoms with van der Waals surface area (Å²) in [5, 5.41) is 3.90. The summed E-state index contributed by atoms with van der Waals surface area (Å²) in [5.74, 6) is 0. The van der Waals surface area contributed by atoms with Crippen LogP contribution in [0, 0.1) is 20.8 Å². The molecule has 13 heavy (non-hydrogen) atoms. The molecule has 0 bridgehead atoms. The van der Waals surface area contributed by atoms with Crippen LogP contribution >= 0.6 is 19.8 Å². The molecule has 0 N–H and O–H groups in total. The Balaban J connectivity index is 0.00000144. The fourth-order valence-electron chi connectivity index (χ4n) is 1.39. The Morgan fingerprint density at radius 2 is 1.62 bits per heavy atom. The molecule has 0 amide bonds. The minimum atomic E-state index is 0. The molecule has 0 spiro atoms. The SMILES string of the molecule is Cc1cc(C)c(P=[C-]Cl)c(C)c1.[Li+]. The number of halogens is 1. The van der Waals surface area contributed by atoms with Gasteiger partial charge in [-0.25, -0.2) is 0 Å². The van der Waals surface area contributed by atoms with Gasteiger partial charge >= 0.3 is 18.9 Å². The number of hydrogen-bond donors (Lipinski definition) is 0. The van der Waals surface area contributed by atoms with Crippen LogP contribution in [-0.4, -0.2) is 5.26 Å². The average molecular weight is 205 g/mol. The van der Waals surface area contributed by atoms with Crippen molar-refractivity contribution in [3.05, 3.63) is 28.8 Å². The second-order valence-corrected chi connectivity index (χ2v) is 4.29. The van der Waals surface area contributed by atoms with E-state index in [4.69, 9.17) is 11.6 Å². The molecule has 1 aromatic carbocycles. The van der Waals surface area contributed by atoms with Crippen molar-refractivity contribution < 1.29 is 18.9 Å². The molecule has 0 fully saturated rings. The van der Waals surface area contributed by atoms with Gasteiger partial charge in [0, 0.05) is 0 Å². The molecule has 0 aromatic heterocycles. The molecule has 0 radical (unpaired) electrons. The Bertz CT molecular complexity index is 298. The molecule has 0 heterocycles. The molecule has 0 saturated heterocycles. The summed E-state index contributed by atoms with van der Waals surface area (Å²) in [6.07, 6.45) is 0. The third kappa shape index (κ3) is 3.49. The van der Waals surface area contributed by atoms with E-state index in [9.17, 15) is 0 Å². The molecule has 64 valence electrons. The molecule has 1 aromatic rings. The molecule has 0 atom stereocenters. The van der Waals surface area contributed by atoms with Crippen LogP contribution in [0.25, 0.3) is 0 Å². The molecule has 1 rings (SSSR count). The van der Waals surface area contributed by atoms with Crippen LogP contribution < -0.4 is 24.2 Å². The summed E-state index contributed by atoms with van der Waals surface area (Å²) in [7, 11) is 0.975. The maximum absolute atomic E-state index is 5.46. The molecular weight excluding hydrogens is 193 g/mol. The number of aryl methyl sites for hydroxylation is 3. The summed E-state index contributed by atoms with van der Waals surface area (Å²) in [6, 6.07) is 4.34.